The van der Waals surface area contributed by atoms with Crippen molar-refractivity contribution in [3.8, 4) is 0 Å². The van der Waals surface area contributed by atoms with Crippen LogP contribution in [-0.4, -0.2) is 57.4 Å². The zero-order valence-corrected chi connectivity index (χ0v) is 16.6. The molecule has 0 radical (unpaired) electrons. The van der Waals surface area contributed by atoms with Crippen LogP contribution in [0.25, 0.3) is 0 Å². The van der Waals surface area contributed by atoms with Gasteiger partial charge in [-0.2, -0.15) is 0 Å². The monoisotopic (exact) mass is 373 g/mol. The molecular formula is C21H31N3O3. The van der Waals surface area contributed by atoms with E-state index in [-0.39, 0.29) is 23.8 Å². The smallest absolute Gasteiger partial charge is 0.324 e. The van der Waals surface area contributed by atoms with E-state index in [1.165, 1.54) is 0 Å². The Hall–Kier alpha value is -1.95. The normalized spacial score (nSPS) is 29.3. The Kier molecular flexibility index (Phi) is 5.84. The third-order valence-electron chi connectivity index (χ3n) is 6.19. The van der Waals surface area contributed by atoms with E-state index in [0.717, 1.165) is 37.9 Å². The number of carboxylic acid groups (broad SMARTS) is 1. The van der Waals surface area contributed by atoms with Gasteiger partial charge in [-0.3, -0.25) is 19.5 Å². The second-order valence-corrected chi connectivity index (χ2v) is 8.47. The third-order valence-corrected chi connectivity index (χ3v) is 6.19. The van der Waals surface area contributed by atoms with Crippen LogP contribution in [0, 0.1) is 11.8 Å². The lowest BCUT2D eigenvalue weighted by Crippen LogP contribution is -2.50. The number of hydrogen-bond acceptors (Lipinski definition) is 4. The van der Waals surface area contributed by atoms with E-state index >= 15 is 0 Å². The molecule has 0 aliphatic carbocycles. The Labute approximate surface area is 161 Å². The van der Waals surface area contributed by atoms with Gasteiger partial charge >= 0.3 is 5.97 Å². The summed E-state index contributed by atoms with van der Waals surface area (Å²) in [4.78, 5) is 33.9. The number of likely N-dealkylation sites (N-methyl/N-ethyl adjacent to an activating group) is 1. The van der Waals surface area contributed by atoms with Crippen LogP contribution in [0.15, 0.2) is 24.5 Å². The van der Waals surface area contributed by atoms with Crippen LogP contribution < -0.4 is 0 Å². The summed E-state index contributed by atoms with van der Waals surface area (Å²) in [6.45, 7) is 5.64. The number of aliphatic carboxylic acids is 1. The van der Waals surface area contributed by atoms with Gasteiger partial charge in [0.05, 0.1) is 5.92 Å². The first-order chi connectivity index (χ1) is 12.9. The van der Waals surface area contributed by atoms with Crippen molar-refractivity contribution in [2.24, 2.45) is 11.8 Å². The Morgan fingerprint density at radius 2 is 2.00 bits per heavy atom. The fourth-order valence-electron chi connectivity index (χ4n) is 4.96. The van der Waals surface area contributed by atoms with Gasteiger partial charge in [-0.25, -0.2) is 0 Å². The number of nitrogens with zero attached hydrogens (tertiary/aromatic N) is 3. The van der Waals surface area contributed by atoms with Crippen molar-refractivity contribution < 1.29 is 14.7 Å². The topological polar surface area (TPSA) is 73.7 Å². The molecule has 1 aromatic rings. The highest BCUT2D eigenvalue weighted by Crippen LogP contribution is 2.49. The van der Waals surface area contributed by atoms with Gasteiger partial charge in [-0.15, -0.1) is 0 Å². The van der Waals surface area contributed by atoms with Crippen molar-refractivity contribution in [3.63, 3.8) is 0 Å². The van der Waals surface area contributed by atoms with Crippen molar-refractivity contribution in [3.05, 3.63) is 30.1 Å². The highest BCUT2D eigenvalue weighted by molar-refractivity contribution is 5.85. The van der Waals surface area contributed by atoms with E-state index in [2.05, 4.69) is 4.98 Å². The maximum atomic E-state index is 13.4. The van der Waals surface area contributed by atoms with Crippen molar-refractivity contribution in [2.75, 3.05) is 20.1 Å². The summed E-state index contributed by atoms with van der Waals surface area (Å²) < 4.78 is 0. The van der Waals surface area contributed by atoms with Crippen LogP contribution in [-0.2, 0) is 9.59 Å². The summed E-state index contributed by atoms with van der Waals surface area (Å²) in [7, 11) is 1.86. The summed E-state index contributed by atoms with van der Waals surface area (Å²) in [5, 5.41) is 10.2. The first-order valence-corrected chi connectivity index (χ1v) is 10.0. The summed E-state index contributed by atoms with van der Waals surface area (Å²) in [6, 6.07) is 3.55. The maximum absolute atomic E-state index is 13.4. The molecule has 0 aromatic carbocycles. The van der Waals surface area contributed by atoms with E-state index in [9.17, 15) is 14.7 Å². The Bertz CT molecular complexity index is 673. The molecule has 0 spiro atoms. The molecule has 3 rings (SSSR count). The number of amides is 1. The standard InChI is InChI=1S/C21H31N3O3/c1-15(2)12-21(20(26)27)13-17(19(25)24-10-5-4-6-11-24)18(23(21)3)16-8-7-9-22-14-16/h7-9,14-15,17-18H,4-6,10-13H2,1-3H3,(H,26,27)/t17-,18-,21-/m0/s1. The number of rotatable bonds is 5. The fourth-order valence-corrected chi connectivity index (χ4v) is 4.96. The highest BCUT2D eigenvalue weighted by atomic mass is 16.4. The molecule has 3 heterocycles. The molecule has 6 heteroatoms. The molecule has 6 nitrogen and oxygen atoms in total. The third kappa shape index (κ3) is 3.72. The largest absolute Gasteiger partial charge is 0.480 e. The number of hydrogen-bond donors (Lipinski definition) is 1. The van der Waals surface area contributed by atoms with Gasteiger partial charge in [0.2, 0.25) is 5.91 Å². The molecule has 0 saturated carbocycles. The van der Waals surface area contributed by atoms with Gasteiger partial charge in [-0.05, 0) is 56.7 Å². The van der Waals surface area contributed by atoms with Crippen LogP contribution in [0.1, 0.15) is 57.6 Å². The molecule has 2 saturated heterocycles. The highest BCUT2D eigenvalue weighted by Gasteiger charge is 2.57. The minimum absolute atomic E-state index is 0.0993. The number of carboxylic acids is 1. The molecule has 1 amide bonds. The van der Waals surface area contributed by atoms with E-state index < -0.39 is 11.5 Å². The minimum Gasteiger partial charge on any atom is -0.480 e. The number of carbonyl (C=O) groups excluding carboxylic acids is 1. The molecule has 2 fully saturated rings. The van der Waals surface area contributed by atoms with Gasteiger partial charge in [0.1, 0.15) is 5.54 Å². The van der Waals surface area contributed by atoms with E-state index in [0.29, 0.717) is 12.8 Å². The lowest BCUT2D eigenvalue weighted by molar-refractivity contribution is -0.151. The number of carbonyl (C=O) groups is 2. The Morgan fingerprint density at radius 1 is 1.30 bits per heavy atom. The predicted octanol–water partition coefficient (Wildman–Crippen LogP) is 2.96. The van der Waals surface area contributed by atoms with Crippen LogP contribution >= 0.6 is 0 Å². The SMILES string of the molecule is CC(C)C[C@@]1(C(=O)O)C[C@H](C(=O)N2CCCCC2)[C@H](c2cccnc2)N1C. The second kappa shape index (κ2) is 7.97. The summed E-state index contributed by atoms with van der Waals surface area (Å²) in [5.74, 6) is -0.863. The molecule has 1 aromatic heterocycles. The summed E-state index contributed by atoms with van der Waals surface area (Å²) in [6.07, 6.45) is 7.57. The van der Waals surface area contributed by atoms with Gasteiger partial charge in [0, 0.05) is 31.5 Å². The summed E-state index contributed by atoms with van der Waals surface area (Å²) in [5.41, 5.74) is -0.104. The number of pyridine rings is 1. The van der Waals surface area contributed by atoms with Gasteiger partial charge < -0.3 is 10.0 Å². The van der Waals surface area contributed by atoms with Crippen molar-refractivity contribution in [1.82, 2.24) is 14.8 Å². The number of piperidine rings is 1. The molecule has 2 aliphatic rings. The lowest BCUT2D eigenvalue weighted by Gasteiger charge is -2.36. The van der Waals surface area contributed by atoms with E-state index in [1.54, 1.807) is 12.4 Å². The van der Waals surface area contributed by atoms with Gasteiger partial charge in [0.25, 0.3) is 0 Å². The van der Waals surface area contributed by atoms with Crippen LogP contribution in [0.2, 0.25) is 0 Å². The Morgan fingerprint density at radius 3 is 2.56 bits per heavy atom. The number of aromatic nitrogens is 1. The van der Waals surface area contributed by atoms with E-state index in [1.807, 2.05) is 42.8 Å². The van der Waals surface area contributed by atoms with Crippen LogP contribution in [0.3, 0.4) is 0 Å². The van der Waals surface area contributed by atoms with Gasteiger partial charge in [0.15, 0.2) is 0 Å². The predicted molar refractivity (Wildman–Crippen MR) is 103 cm³/mol. The molecular weight excluding hydrogens is 342 g/mol. The quantitative estimate of drug-likeness (QED) is 0.859. The first kappa shape index (κ1) is 19.8. The molecule has 148 valence electrons. The van der Waals surface area contributed by atoms with Crippen molar-refractivity contribution >= 4 is 11.9 Å². The molecule has 27 heavy (non-hydrogen) atoms. The fraction of sp³-hybridized carbons (Fsp3) is 0.667. The van der Waals surface area contributed by atoms with Crippen LogP contribution in [0.4, 0.5) is 0 Å². The molecule has 3 atom stereocenters. The zero-order chi connectivity index (χ0) is 19.6. The maximum Gasteiger partial charge on any atom is 0.324 e. The molecule has 1 N–H and O–H groups in total. The minimum atomic E-state index is -1.02. The Balaban J connectivity index is 2.00. The van der Waals surface area contributed by atoms with Crippen LogP contribution in [0.5, 0.6) is 0 Å². The van der Waals surface area contributed by atoms with E-state index in [4.69, 9.17) is 0 Å². The van der Waals surface area contributed by atoms with Crippen molar-refractivity contribution in [1.29, 1.82) is 0 Å². The second-order valence-electron chi connectivity index (χ2n) is 8.47. The van der Waals surface area contributed by atoms with Crippen molar-refractivity contribution in [2.45, 2.75) is 57.5 Å². The van der Waals surface area contributed by atoms with Gasteiger partial charge in [-0.1, -0.05) is 19.9 Å². The molecule has 0 bridgehead atoms. The lowest BCUT2D eigenvalue weighted by atomic mass is 9.83. The molecule has 2 aliphatic heterocycles. The zero-order valence-electron chi connectivity index (χ0n) is 16.6. The summed E-state index contributed by atoms with van der Waals surface area (Å²) >= 11 is 0. The average molecular weight is 373 g/mol. The average Bonchev–Trinajstić information content (AvgIpc) is 2.95. The first-order valence-electron chi connectivity index (χ1n) is 10.0. The number of likely N-dealkylation sites (tertiary alicyclic amines) is 2. The molecule has 0 unspecified atom stereocenters.